The van der Waals surface area contributed by atoms with Gasteiger partial charge >= 0.3 is 5.24 Å². The number of imide groups is 1. The molecule has 84 valence electrons. The Kier molecular flexibility index (Phi) is 2.55. The average molecular weight is 239 g/mol. The number of benzene rings is 1. The van der Waals surface area contributed by atoms with Gasteiger partial charge in [-0.1, -0.05) is 40.9 Å². The van der Waals surface area contributed by atoms with Crippen molar-refractivity contribution in [3.63, 3.8) is 0 Å². The Morgan fingerprint density at radius 2 is 1.75 bits per heavy atom. The molecule has 0 atom stereocenters. The summed E-state index contributed by atoms with van der Waals surface area (Å²) in [7, 11) is -3.65. The highest BCUT2D eigenvalue weighted by atomic mass is 32.3. The van der Waals surface area contributed by atoms with Crippen molar-refractivity contribution >= 4 is 27.8 Å². The van der Waals surface area contributed by atoms with Gasteiger partial charge in [-0.15, -0.1) is 0 Å². The van der Waals surface area contributed by atoms with E-state index in [-0.39, 0.29) is 4.91 Å². The van der Waals surface area contributed by atoms with Crippen LogP contribution in [0.15, 0.2) is 35.2 Å². The quantitative estimate of drug-likeness (QED) is 0.654. The molecule has 0 bridgehead atoms. The van der Waals surface area contributed by atoms with Crippen molar-refractivity contribution in [2.75, 3.05) is 0 Å². The predicted octanol–water partition coefficient (Wildman–Crippen LogP) is 2.03. The fourth-order valence-corrected chi connectivity index (χ4v) is 2.35. The molecule has 0 saturated carbocycles. The Morgan fingerprint density at radius 1 is 1.12 bits per heavy atom. The first-order valence-electron chi connectivity index (χ1n) is 4.42. The van der Waals surface area contributed by atoms with Crippen LogP contribution in [-0.4, -0.2) is 20.3 Å². The van der Waals surface area contributed by atoms with E-state index in [0.717, 1.165) is 0 Å². The second-order valence-electron chi connectivity index (χ2n) is 3.21. The number of carbonyl (C=O) groups excluding carboxylic acids is 2. The van der Waals surface area contributed by atoms with Gasteiger partial charge in [0, 0.05) is 0 Å². The summed E-state index contributed by atoms with van der Waals surface area (Å²) in [5, 5.41) is 0.826. The molecule has 6 heteroatoms. The second-order valence-corrected chi connectivity index (χ2v) is 5.12. The van der Waals surface area contributed by atoms with Gasteiger partial charge in [-0.25, -0.2) is 4.79 Å². The lowest BCUT2D eigenvalue weighted by molar-refractivity contribution is -0.115. The van der Waals surface area contributed by atoms with E-state index in [2.05, 4.69) is 0 Å². The molecule has 2 amide bonds. The lowest BCUT2D eigenvalue weighted by Crippen LogP contribution is -2.19. The molecule has 1 fully saturated rings. The van der Waals surface area contributed by atoms with Gasteiger partial charge in [-0.3, -0.25) is 19.2 Å². The first-order chi connectivity index (χ1) is 7.51. The molecule has 0 spiro atoms. The third-order valence-corrected chi connectivity index (χ3v) is 3.64. The molecule has 0 aliphatic carbocycles. The van der Waals surface area contributed by atoms with Crippen molar-refractivity contribution in [1.29, 1.82) is 0 Å². The first-order valence-corrected chi connectivity index (χ1v) is 5.97. The van der Waals surface area contributed by atoms with Gasteiger partial charge in [0.15, 0.2) is 0 Å². The van der Waals surface area contributed by atoms with Crippen molar-refractivity contribution in [1.82, 2.24) is 5.32 Å². The number of amides is 2. The summed E-state index contributed by atoms with van der Waals surface area (Å²) < 4.78 is 19.0. The fourth-order valence-electron chi connectivity index (χ4n) is 1.30. The highest BCUT2D eigenvalue weighted by molar-refractivity contribution is 8.40. The Bertz CT molecular complexity index is 481. The molecular weight excluding hydrogens is 230 g/mol. The zero-order valence-corrected chi connectivity index (χ0v) is 8.90. The Hall–Kier alpha value is -1.63. The van der Waals surface area contributed by atoms with Crippen molar-refractivity contribution < 1.29 is 18.7 Å². The molecule has 1 heterocycles. The molecule has 1 aromatic rings. The fraction of sp³-hybridized carbons (Fsp3) is 0. The summed E-state index contributed by atoms with van der Waals surface area (Å²) in [5.74, 6) is -0.756. The molecule has 1 saturated heterocycles. The van der Waals surface area contributed by atoms with Crippen molar-refractivity contribution in [2.24, 2.45) is 0 Å². The van der Waals surface area contributed by atoms with Crippen LogP contribution in [0.4, 0.5) is 4.79 Å². The molecule has 1 aliphatic heterocycles. The number of hydrogen-bond acceptors (Lipinski definition) is 4. The van der Waals surface area contributed by atoms with Gasteiger partial charge in [0.1, 0.15) is 4.91 Å². The van der Waals surface area contributed by atoms with Crippen LogP contribution in [0.25, 0.3) is 6.08 Å². The van der Waals surface area contributed by atoms with E-state index in [1.165, 1.54) is 6.08 Å². The molecule has 5 nitrogen and oxygen atoms in total. The van der Waals surface area contributed by atoms with Gasteiger partial charge in [0.25, 0.3) is 5.91 Å². The Balaban J connectivity index is 2.45. The third kappa shape index (κ3) is 1.73. The van der Waals surface area contributed by atoms with E-state index >= 15 is 0 Å². The van der Waals surface area contributed by atoms with Crippen molar-refractivity contribution in [3.8, 4) is 0 Å². The zero-order valence-electron chi connectivity index (χ0n) is 8.08. The maximum Gasteiger partial charge on any atom is 0.345 e. The van der Waals surface area contributed by atoms with Crippen LogP contribution >= 0.6 is 10.6 Å². The molecule has 1 aliphatic rings. The molecular formula is C10H9NO4S. The number of rotatable bonds is 1. The van der Waals surface area contributed by atoms with Crippen molar-refractivity contribution in [3.05, 3.63) is 40.8 Å². The molecule has 3 N–H and O–H groups in total. The molecule has 2 rings (SSSR count). The van der Waals surface area contributed by atoms with Gasteiger partial charge < -0.3 is 0 Å². The lowest BCUT2D eigenvalue weighted by atomic mass is 10.2. The maximum absolute atomic E-state index is 11.3. The molecule has 0 unspecified atom stereocenters. The first kappa shape index (κ1) is 10.9. The largest absolute Gasteiger partial charge is 0.345 e. The van der Waals surface area contributed by atoms with E-state index in [1.54, 1.807) is 30.3 Å². The number of carbonyl (C=O) groups is 2. The highest BCUT2D eigenvalue weighted by Gasteiger charge is 2.41. The SMILES string of the molecule is O=C1NC(=O)S(O)(O)C1=Cc1ccccc1. The summed E-state index contributed by atoms with van der Waals surface area (Å²) in [6, 6.07) is 8.66. The summed E-state index contributed by atoms with van der Waals surface area (Å²) in [4.78, 5) is 22.1. The van der Waals surface area contributed by atoms with Crippen molar-refractivity contribution in [2.45, 2.75) is 0 Å². The minimum atomic E-state index is -3.65. The van der Waals surface area contributed by atoms with E-state index in [0.29, 0.717) is 5.56 Å². The van der Waals surface area contributed by atoms with Gasteiger partial charge in [0.2, 0.25) is 0 Å². The Morgan fingerprint density at radius 3 is 2.25 bits per heavy atom. The zero-order chi connectivity index (χ0) is 11.8. The average Bonchev–Trinajstić information content (AvgIpc) is 2.43. The van der Waals surface area contributed by atoms with E-state index in [9.17, 15) is 18.7 Å². The topological polar surface area (TPSA) is 86.6 Å². The van der Waals surface area contributed by atoms with Crippen LogP contribution in [0.5, 0.6) is 0 Å². The van der Waals surface area contributed by atoms with Gasteiger partial charge in [-0.05, 0) is 11.6 Å². The van der Waals surface area contributed by atoms with Gasteiger partial charge in [0.05, 0.1) is 0 Å². The standard InChI is InChI=1S/C10H9NO4S/c12-9-8(16(14,15)10(13)11-9)6-7-4-2-1-3-5-7/h1-6,14-15H,(H,11,12,13). The van der Waals surface area contributed by atoms with Gasteiger partial charge in [-0.2, -0.15) is 0 Å². The summed E-state index contributed by atoms with van der Waals surface area (Å²) >= 11 is 0. The maximum atomic E-state index is 11.3. The van der Waals surface area contributed by atoms with E-state index in [4.69, 9.17) is 0 Å². The van der Waals surface area contributed by atoms with E-state index in [1.807, 2.05) is 5.32 Å². The minimum absolute atomic E-state index is 0.288. The summed E-state index contributed by atoms with van der Waals surface area (Å²) in [6.45, 7) is 0. The molecule has 16 heavy (non-hydrogen) atoms. The normalized spacial score (nSPS) is 23.2. The number of nitrogens with one attached hydrogen (secondary N) is 1. The van der Waals surface area contributed by atoms with Crippen LogP contribution in [0.1, 0.15) is 5.56 Å². The van der Waals surface area contributed by atoms with Crippen LogP contribution in [0, 0.1) is 0 Å². The Labute approximate surface area is 93.1 Å². The van der Waals surface area contributed by atoms with Crippen LogP contribution in [0.3, 0.4) is 0 Å². The second kappa shape index (κ2) is 3.75. The van der Waals surface area contributed by atoms with Crippen LogP contribution in [-0.2, 0) is 4.79 Å². The smallest absolute Gasteiger partial charge is 0.286 e. The monoisotopic (exact) mass is 239 g/mol. The molecule has 0 radical (unpaired) electrons. The summed E-state index contributed by atoms with van der Waals surface area (Å²) in [6.07, 6.45) is 1.30. The summed E-state index contributed by atoms with van der Waals surface area (Å²) in [5.41, 5.74) is 0.627. The van der Waals surface area contributed by atoms with Crippen LogP contribution < -0.4 is 5.32 Å². The van der Waals surface area contributed by atoms with E-state index < -0.39 is 21.7 Å². The third-order valence-electron chi connectivity index (χ3n) is 2.10. The predicted molar refractivity (Wildman–Crippen MR) is 60.8 cm³/mol. The number of hydrogen-bond donors (Lipinski definition) is 3. The van der Waals surface area contributed by atoms with Crippen LogP contribution in [0.2, 0.25) is 0 Å². The lowest BCUT2D eigenvalue weighted by Gasteiger charge is -2.21. The highest BCUT2D eigenvalue weighted by Crippen LogP contribution is 2.52. The minimum Gasteiger partial charge on any atom is -0.286 e. The molecule has 1 aromatic carbocycles. The molecule has 0 aromatic heterocycles.